The largest absolute Gasteiger partial charge is 0.494 e. The minimum Gasteiger partial charge on any atom is -0.494 e. The van der Waals surface area contributed by atoms with Crippen molar-refractivity contribution in [3.63, 3.8) is 0 Å². The SMILES string of the molecule is CCOc1ccc(NC(=O)CSc2nnc(NC(=O)c3ccc(S(=O)(=O)N(C)C)cc3)s2)cc1. The van der Waals surface area contributed by atoms with Gasteiger partial charge in [0.05, 0.1) is 17.3 Å². The number of sulfonamides is 1. The monoisotopic (exact) mass is 521 g/mol. The van der Waals surface area contributed by atoms with Gasteiger partial charge in [-0.25, -0.2) is 12.7 Å². The number of ether oxygens (including phenoxy) is 1. The summed E-state index contributed by atoms with van der Waals surface area (Å²) in [5.74, 6) is 0.197. The van der Waals surface area contributed by atoms with Gasteiger partial charge in [0.1, 0.15) is 5.75 Å². The fraction of sp³-hybridized carbons (Fsp3) is 0.238. The van der Waals surface area contributed by atoms with Crippen LogP contribution in [0.3, 0.4) is 0 Å². The van der Waals surface area contributed by atoms with Gasteiger partial charge in [0.25, 0.3) is 5.91 Å². The Kier molecular flexibility index (Phi) is 8.61. The summed E-state index contributed by atoms with van der Waals surface area (Å²) in [6.45, 7) is 2.47. The van der Waals surface area contributed by atoms with Crippen molar-refractivity contribution >= 4 is 55.8 Å². The predicted octanol–water partition coefficient (Wildman–Crippen LogP) is 3.17. The summed E-state index contributed by atoms with van der Waals surface area (Å²) in [5, 5.41) is 13.6. The molecular weight excluding hydrogens is 498 g/mol. The molecule has 34 heavy (non-hydrogen) atoms. The molecule has 0 aliphatic heterocycles. The molecule has 0 radical (unpaired) electrons. The van der Waals surface area contributed by atoms with Gasteiger partial charge in [0.2, 0.25) is 21.1 Å². The number of amides is 2. The van der Waals surface area contributed by atoms with Gasteiger partial charge in [-0.2, -0.15) is 0 Å². The van der Waals surface area contributed by atoms with Gasteiger partial charge in [0.15, 0.2) is 4.34 Å². The first kappa shape index (κ1) is 25.6. The van der Waals surface area contributed by atoms with E-state index in [2.05, 4.69) is 20.8 Å². The zero-order valence-electron chi connectivity index (χ0n) is 18.6. The first-order chi connectivity index (χ1) is 16.2. The van der Waals surface area contributed by atoms with Crippen LogP contribution in [-0.2, 0) is 14.8 Å². The van der Waals surface area contributed by atoms with Crippen molar-refractivity contribution in [1.29, 1.82) is 0 Å². The van der Waals surface area contributed by atoms with Gasteiger partial charge < -0.3 is 10.1 Å². The molecule has 3 aromatic rings. The highest BCUT2D eigenvalue weighted by Crippen LogP contribution is 2.26. The smallest absolute Gasteiger partial charge is 0.257 e. The Labute approximate surface area is 205 Å². The molecule has 180 valence electrons. The molecule has 0 spiro atoms. The van der Waals surface area contributed by atoms with E-state index >= 15 is 0 Å². The van der Waals surface area contributed by atoms with Crippen LogP contribution < -0.4 is 15.4 Å². The minimum absolute atomic E-state index is 0.0900. The third kappa shape index (κ3) is 6.76. The average molecular weight is 522 g/mol. The number of anilines is 2. The molecule has 0 aliphatic carbocycles. The molecule has 2 amide bonds. The van der Waals surface area contributed by atoms with Crippen molar-refractivity contribution in [3.05, 3.63) is 54.1 Å². The van der Waals surface area contributed by atoms with Gasteiger partial charge in [-0.15, -0.1) is 10.2 Å². The second-order valence-electron chi connectivity index (χ2n) is 6.93. The van der Waals surface area contributed by atoms with Crippen LogP contribution in [0.4, 0.5) is 10.8 Å². The Morgan fingerprint density at radius 3 is 2.32 bits per heavy atom. The first-order valence-corrected chi connectivity index (χ1v) is 13.3. The third-order valence-corrected chi connectivity index (χ3v) is 8.10. The van der Waals surface area contributed by atoms with Crippen molar-refractivity contribution in [2.75, 3.05) is 37.1 Å². The van der Waals surface area contributed by atoms with E-state index in [9.17, 15) is 18.0 Å². The number of carbonyl (C=O) groups excluding carboxylic acids is 2. The van der Waals surface area contributed by atoms with Crippen molar-refractivity contribution < 1.29 is 22.7 Å². The van der Waals surface area contributed by atoms with Crippen LogP contribution in [0.2, 0.25) is 0 Å². The number of aromatic nitrogens is 2. The fourth-order valence-electron chi connectivity index (χ4n) is 2.60. The second-order valence-corrected chi connectivity index (χ2v) is 11.3. The van der Waals surface area contributed by atoms with Crippen LogP contribution in [0.1, 0.15) is 17.3 Å². The molecule has 2 aromatic carbocycles. The number of rotatable bonds is 10. The average Bonchev–Trinajstić information content (AvgIpc) is 3.26. The normalized spacial score (nSPS) is 11.3. The van der Waals surface area contributed by atoms with Gasteiger partial charge >= 0.3 is 0 Å². The zero-order chi connectivity index (χ0) is 24.7. The maximum atomic E-state index is 12.4. The highest BCUT2D eigenvalue weighted by atomic mass is 32.2. The van der Waals surface area contributed by atoms with Gasteiger partial charge in [-0.1, -0.05) is 23.1 Å². The Morgan fingerprint density at radius 2 is 1.71 bits per heavy atom. The summed E-state index contributed by atoms with van der Waals surface area (Å²) in [6, 6.07) is 12.7. The lowest BCUT2D eigenvalue weighted by Gasteiger charge is -2.11. The molecule has 0 atom stereocenters. The van der Waals surface area contributed by atoms with Gasteiger partial charge in [-0.3, -0.25) is 14.9 Å². The number of benzene rings is 2. The molecule has 0 fully saturated rings. The Bertz CT molecular complexity index is 1240. The molecule has 1 heterocycles. The van der Waals surface area contributed by atoms with E-state index in [0.29, 0.717) is 16.6 Å². The van der Waals surface area contributed by atoms with Gasteiger partial charge in [0, 0.05) is 25.3 Å². The number of nitrogens with zero attached hydrogens (tertiary/aromatic N) is 3. The molecule has 13 heteroatoms. The van der Waals surface area contributed by atoms with Gasteiger partial charge in [-0.05, 0) is 55.5 Å². The highest BCUT2D eigenvalue weighted by Gasteiger charge is 2.18. The quantitative estimate of drug-likeness (QED) is 0.307. The van der Waals surface area contributed by atoms with E-state index in [1.54, 1.807) is 24.3 Å². The van der Waals surface area contributed by atoms with Crippen molar-refractivity contribution in [2.24, 2.45) is 0 Å². The zero-order valence-corrected chi connectivity index (χ0v) is 21.1. The Morgan fingerprint density at radius 1 is 1.03 bits per heavy atom. The summed E-state index contributed by atoms with van der Waals surface area (Å²) >= 11 is 2.33. The summed E-state index contributed by atoms with van der Waals surface area (Å²) < 4.78 is 31.2. The lowest BCUT2D eigenvalue weighted by Crippen LogP contribution is -2.22. The topological polar surface area (TPSA) is 131 Å². The summed E-state index contributed by atoms with van der Waals surface area (Å²) in [7, 11) is -0.702. The van der Waals surface area contributed by atoms with Crippen LogP contribution in [0.25, 0.3) is 0 Å². The van der Waals surface area contributed by atoms with Crippen LogP contribution in [0.15, 0.2) is 57.8 Å². The minimum atomic E-state index is -3.57. The van der Waals surface area contributed by atoms with Crippen molar-refractivity contribution in [3.8, 4) is 5.75 Å². The number of carbonyl (C=O) groups is 2. The fourth-order valence-corrected chi connectivity index (χ4v) is 5.05. The van der Waals surface area contributed by atoms with Crippen LogP contribution >= 0.6 is 23.1 Å². The number of hydrogen-bond acceptors (Lipinski definition) is 9. The maximum Gasteiger partial charge on any atom is 0.257 e. The van der Waals surface area contributed by atoms with Crippen LogP contribution in [0.5, 0.6) is 5.75 Å². The van der Waals surface area contributed by atoms with E-state index < -0.39 is 15.9 Å². The Hall–Kier alpha value is -3.00. The second kappa shape index (κ2) is 11.4. The first-order valence-electron chi connectivity index (χ1n) is 10.0. The molecule has 10 nitrogen and oxygen atoms in total. The molecule has 0 saturated heterocycles. The van der Waals surface area contributed by atoms with Crippen molar-refractivity contribution in [2.45, 2.75) is 16.2 Å². The van der Waals surface area contributed by atoms with E-state index in [1.165, 1.54) is 50.1 Å². The summed E-state index contributed by atoms with van der Waals surface area (Å²) in [5.41, 5.74) is 0.931. The predicted molar refractivity (Wildman–Crippen MR) is 132 cm³/mol. The van der Waals surface area contributed by atoms with E-state index in [0.717, 1.165) is 21.4 Å². The van der Waals surface area contributed by atoms with E-state index in [-0.39, 0.29) is 27.3 Å². The number of hydrogen-bond donors (Lipinski definition) is 2. The van der Waals surface area contributed by atoms with E-state index in [4.69, 9.17) is 4.74 Å². The van der Waals surface area contributed by atoms with Crippen molar-refractivity contribution in [1.82, 2.24) is 14.5 Å². The molecule has 1 aromatic heterocycles. The molecule has 2 N–H and O–H groups in total. The van der Waals surface area contributed by atoms with Crippen LogP contribution in [0, 0.1) is 0 Å². The lowest BCUT2D eigenvalue weighted by molar-refractivity contribution is -0.113. The third-order valence-electron chi connectivity index (χ3n) is 4.30. The lowest BCUT2D eigenvalue weighted by atomic mass is 10.2. The number of nitrogens with one attached hydrogen (secondary N) is 2. The molecular formula is C21H23N5O5S3. The molecule has 0 saturated carbocycles. The summed E-state index contributed by atoms with van der Waals surface area (Å²) in [6.07, 6.45) is 0. The molecule has 0 aliphatic rings. The van der Waals surface area contributed by atoms with Crippen LogP contribution in [-0.4, -0.2) is 61.2 Å². The van der Waals surface area contributed by atoms with E-state index in [1.807, 2.05) is 6.92 Å². The Balaban J connectivity index is 1.51. The summed E-state index contributed by atoms with van der Waals surface area (Å²) in [4.78, 5) is 24.7. The molecule has 0 bridgehead atoms. The molecule has 0 unspecified atom stereocenters. The molecule has 3 rings (SSSR count). The maximum absolute atomic E-state index is 12.4. The highest BCUT2D eigenvalue weighted by molar-refractivity contribution is 8.01. The number of thioether (sulfide) groups is 1. The standard InChI is InChI=1S/C21H23N5O5S3/c1-4-31-16-9-7-15(8-10-16)22-18(27)13-32-21-25-24-20(33-21)23-19(28)14-5-11-17(12-6-14)34(29,30)26(2)3/h5-12H,4,13H2,1-3H3,(H,22,27)(H,23,24,28).